The maximum Gasteiger partial charge on any atom is 0.338 e. The van der Waals surface area contributed by atoms with Gasteiger partial charge in [0.2, 0.25) is 0 Å². The second kappa shape index (κ2) is 5.32. The minimum Gasteiger partial charge on any atom is -0.457 e. The molecule has 0 N–H and O–H groups in total. The number of benzene rings is 1. The molecule has 3 nitrogen and oxygen atoms in total. The molecule has 2 atom stereocenters. The molecule has 1 saturated carbocycles. The van der Waals surface area contributed by atoms with E-state index >= 15 is 0 Å². The second-order valence-electron chi connectivity index (χ2n) is 4.07. The van der Waals surface area contributed by atoms with Crippen molar-refractivity contribution in [3.05, 3.63) is 35.9 Å². The lowest BCUT2D eigenvalue weighted by molar-refractivity contribution is -0.122. The molecule has 1 aromatic carbocycles. The molecule has 0 radical (unpaired) electrons. The highest BCUT2D eigenvalue weighted by atomic mass is 35.5. The number of hydrogen-bond donors (Lipinski definition) is 0. The van der Waals surface area contributed by atoms with Crippen molar-refractivity contribution >= 4 is 23.4 Å². The molecule has 0 heterocycles. The molecule has 0 aliphatic heterocycles. The van der Waals surface area contributed by atoms with Crippen molar-refractivity contribution in [3.8, 4) is 0 Å². The summed E-state index contributed by atoms with van der Waals surface area (Å²) in [7, 11) is 0. The Kier molecular flexibility index (Phi) is 3.79. The molecule has 4 heteroatoms. The lowest BCUT2D eigenvalue weighted by Crippen LogP contribution is -2.37. The number of alkyl halides is 1. The van der Waals surface area contributed by atoms with E-state index in [-0.39, 0.29) is 5.78 Å². The van der Waals surface area contributed by atoms with Gasteiger partial charge < -0.3 is 4.74 Å². The molecule has 1 aromatic rings. The maximum absolute atomic E-state index is 11.8. The van der Waals surface area contributed by atoms with Crippen molar-refractivity contribution < 1.29 is 14.3 Å². The molecule has 0 amide bonds. The monoisotopic (exact) mass is 252 g/mol. The van der Waals surface area contributed by atoms with E-state index in [1.165, 1.54) is 0 Å². The van der Waals surface area contributed by atoms with Gasteiger partial charge in [0.05, 0.1) is 5.56 Å². The zero-order valence-electron chi connectivity index (χ0n) is 9.27. The molecule has 17 heavy (non-hydrogen) atoms. The van der Waals surface area contributed by atoms with Crippen molar-refractivity contribution in [1.82, 2.24) is 0 Å². The number of rotatable bonds is 2. The normalized spacial score (nSPS) is 24.4. The first-order valence-corrected chi connectivity index (χ1v) is 6.05. The van der Waals surface area contributed by atoms with E-state index in [1.807, 2.05) is 6.07 Å². The summed E-state index contributed by atoms with van der Waals surface area (Å²) in [5.74, 6) is -0.459. The third kappa shape index (κ3) is 2.86. The Labute approximate surface area is 105 Å². The van der Waals surface area contributed by atoms with Gasteiger partial charge in [0, 0.05) is 6.42 Å². The third-order valence-corrected chi connectivity index (χ3v) is 3.34. The standard InChI is InChI=1S/C13H13ClO3/c14-12-10(15)7-4-8-11(12)17-13(16)9-5-2-1-3-6-9/h1-3,5-6,11-12H,4,7-8H2. The number of Topliss-reactive ketones (excluding diaryl/α,β-unsaturated/α-hetero) is 1. The molecule has 0 aromatic heterocycles. The highest BCUT2D eigenvalue weighted by molar-refractivity contribution is 6.31. The smallest absolute Gasteiger partial charge is 0.338 e. The fraction of sp³-hybridized carbons (Fsp3) is 0.385. The van der Waals surface area contributed by atoms with Gasteiger partial charge in [-0.2, -0.15) is 0 Å². The van der Waals surface area contributed by atoms with Gasteiger partial charge in [-0.05, 0) is 25.0 Å². The van der Waals surface area contributed by atoms with Crippen LogP contribution in [-0.4, -0.2) is 23.2 Å². The van der Waals surface area contributed by atoms with Crippen LogP contribution in [0, 0.1) is 0 Å². The van der Waals surface area contributed by atoms with Crippen LogP contribution >= 0.6 is 11.6 Å². The summed E-state index contributed by atoms with van der Waals surface area (Å²) in [6, 6.07) is 8.71. The van der Waals surface area contributed by atoms with Crippen molar-refractivity contribution in [3.63, 3.8) is 0 Å². The molecule has 1 aliphatic rings. The quantitative estimate of drug-likeness (QED) is 0.600. The van der Waals surface area contributed by atoms with E-state index in [0.29, 0.717) is 18.4 Å². The predicted molar refractivity (Wildman–Crippen MR) is 64.1 cm³/mol. The Bertz CT molecular complexity index is 416. The van der Waals surface area contributed by atoms with E-state index in [4.69, 9.17) is 16.3 Å². The largest absolute Gasteiger partial charge is 0.457 e. The van der Waals surface area contributed by atoms with Crippen molar-refractivity contribution in [2.45, 2.75) is 30.7 Å². The summed E-state index contributed by atoms with van der Waals surface area (Å²) in [4.78, 5) is 23.2. The van der Waals surface area contributed by atoms with Gasteiger partial charge in [-0.25, -0.2) is 4.79 Å². The predicted octanol–water partition coefficient (Wildman–Crippen LogP) is 2.57. The van der Waals surface area contributed by atoms with Gasteiger partial charge in [-0.3, -0.25) is 4.79 Å². The highest BCUT2D eigenvalue weighted by Crippen LogP contribution is 2.23. The van der Waals surface area contributed by atoms with Crippen LogP contribution in [0.3, 0.4) is 0 Å². The van der Waals surface area contributed by atoms with Crippen LogP contribution in [0.1, 0.15) is 29.6 Å². The first kappa shape index (κ1) is 12.1. The minimum atomic E-state index is -0.698. The molecule has 1 fully saturated rings. The zero-order valence-corrected chi connectivity index (χ0v) is 10.0. The molecule has 1 aliphatic carbocycles. The maximum atomic E-state index is 11.8. The number of halogens is 1. The SMILES string of the molecule is O=C(OC1CCCC(=O)C1Cl)c1ccccc1. The number of ether oxygens (including phenoxy) is 1. The van der Waals surface area contributed by atoms with E-state index in [9.17, 15) is 9.59 Å². The zero-order chi connectivity index (χ0) is 12.3. The van der Waals surface area contributed by atoms with Gasteiger partial charge in [0.25, 0.3) is 0 Å². The number of carbonyl (C=O) groups excluding carboxylic acids is 2. The van der Waals surface area contributed by atoms with E-state index < -0.39 is 17.5 Å². The van der Waals surface area contributed by atoms with Gasteiger partial charge in [0.1, 0.15) is 11.5 Å². The summed E-state index contributed by atoms with van der Waals surface area (Å²) in [6.07, 6.45) is 1.37. The molecule has 90 valence electrons. The van der Waals surface area contributed by atoms with Crippen LogP contribution in [0.2, 0.25) is 0 Å². The summed E-state index contributed by atoms with van der Waals surface area (Å²) < 4.78 is 5.27. The van der Waals surface area contributed by atoms with Crippen LogP contribution in [0.4, 0.5) is 0 Å². The molecule has 2 rings (SSSR count). The van der Waals surface area contributed by atoms with E-state index in [0.717, 1.165) is 6.42 Å². The lowest BCUT2D eigenvalue weighted by atomic mass is 9.96. The Balaban J connectivity index is 2.01. The Morgan fingerprint density at radius 1 is 1.29 bits per heavy atom. The highest BCUT2D eigenvalue weighted by Gasteiger charge is 2.33. The van der Waals surface area contributed by atoms with E-state index in [2.05, 4.69) is 0 Å². The number of carbonyl (C=O) groups is 2. The Morgan fingerprint density at radius 2 is 2.00 bits per heavy atom. The summed E-state index contributed by atoms with van der Waals surface area (Å²) in [5, 5.41) is -0.698. The number of hydrogen-bond acceptors (Lipinski definition) is 3. The summed E-state index contributed by atoms with van der Waals surface area (Å²) >= 11 is 5.94. The Morgan fingerprint density at radius 3 is 2.71 bits per heavy atom. The molecular formula is C13H13ClO3. The van der Waals surface area contributed by atoms with Crippen molar-refractivity contribution in [1.29, 1.82) is 0 Å². The Hall–Kier alpha value is -1.35. The van der Waals surface area contributed by atoms with Gasteiger partial charge in [-0.1, -0.05) is 18.2 Å². The molecule has 0 spiro atoms. The molecule has 0 saturated heterocycles. The summed E-state index contributed by atoms with van der Waals surface area (Å²) in [5.41, 5.74) is 0.481. The first-order chi connectivity index (χ1) is 8.18. The van der Waals surface area contributed by atoms with Crippen LogP contribution in [-0.2, 0) is 9.53 Å². The summed E-state index contributed by atoms with van der Waals surface area (Å²) in [6.45, 7) is 0. The van der Waals surface area contributed by atoms with Crippen LogP contribution in [0.25, 0.3) is 0 Å². The first-order valence-electron chi connectivity index (χ1n) is 5.61. The van der Waals surface area contributed by atoms with Gasteiger partial charge >= 0.3 is 5.97 Å². The van der Waals surface area contributed by atoms with Gasteiger partial charge in [-0.15, -0.1) is 11.6 Å². The molecule has 2 unspecified atom stereocenters. The molecule has 0 bridgehead atoms. The fourth-order valence-corrected chi connectivity index (χ4v) is 2.15. The number of ketones is 1. The average Bonchev–Trinajstić information content (AvgIpc) is 2.36. The lowest BCUT2D eigenvalue weighted by Gasteiger charge is -2.25. The van der Waals surface area contributed by atoms with Gasteiger partial charge in [0.15, 0.2) is 5.78 Å². The average molecular weight is 253 g/mol. The second-order valence-corrected chi connectivity index (χ2v) is 4.54. The van der Waals surface area contributed by atoms with Crippen LogP contribution in [0.15, 0.2) is 30.3 Å². The van der Waals surface area contributed by atoms with Crippen molar-refractivity contribution in [2.75, 3.05) is 0 Å². The van der Waals surface area contributed by atoms with Crippen LogP contribution < -0.4 is 0 Å². The topological polar surface area (TPSA) is 43.4 Å². The number of esters is 1. The van der Waals surface area contributed by atoms with Crippen molar-refractivity contribution in [2.24, 2.45) is 0 Å². The minimum absolute atomic E-state index is 0.0382. The fourth-order valence-electron chi connectivity index (χ4n) is 1.87. The van der Waals surface area contributed by atoms with Crippen LogP contribution in [0.5, 0.6) is 0 Å². The van der Waals surface area contributed by atoms with E-state index in [1.54, 1.807) is 24.3 Å². The third-order valence-electron chi connectivity index (χ3n) is 2.81. The molecular weight excluding hydrogens is 240 g/mol.